The predicted molar refractivity (Wildman–Crippen MR) is 65.2 cm³/mol. The lowest BCUT2D eigenvalue weighted by atomic mass is 10.0. The van der Waals surface area contributed by atoms with Crippen molar-refractivity contribution >= 4 is 30.6 Å². The quantitative estimate of drug-likeness (QED) is 0.472. The molecular weight excluding hydrogens is 260 g/mol. The first kappa shape index (κ1) is 14.4. The van der Waals surface area contributed by atoms with E-state index in [1.165, 1.54) is 10.0 Å². The predicted octanol–water partition coefficient (Wildman–Crippen LogP) is 0.301. The van der Waals surface area contributed by atoms with Gasteiger partial charge in [-0.3, -0.25) is 9.59 Å². The van der Waals surface area contributed by atoms with E-state index in [9.17, 15) is 9.59 Å². The maximum atomic E-state index is 11.8. The van der Waals surface area contributed by atoms with Gasteiger partial charge in [0.2, 0.25) is 11.8 Å². The monoisotopic (exact) mass is 274 g/mol. The van der Waals surface area contributed by atoms with Crippen LogP contribution in [-0.4, -0.2) is 57.0 Å². The second-order valence-electron chi connectivity index (χ2n) is 3.73. The Morgan fingerprint density at radius 3 is 2.28 bits per heavy atom. The number of rotatable bonds is 1. The average molecular weight is 274 g/mol. The third-order valence-electron chi connectivity index (χ3n) is 2.55. The molecule has 18 heavy (non-hydrogen) atoms. The van der Waals surface area contributed by atoms with Gasteiger partial charge in [-0.25, -0.2) is 14.8 Å². The van der Waals surface area contributed by atoms with Crippen LogP contribution in [-0.2, 0) is 9.59 Å². The van der Waals surface area contributed by atoms with Crippen LogP contribution in [0, 0.1) is 5.92 Å². The molecule has 0 aromatic heterocycles. The van der Waals surface area contributed by atoms with Gasteiger partial charge in [0.1, 0.15) is 0 Å². The normalized spacial score (nSPS) is 22.2. The Morgan fingerprint density at radius 1 is 1.28 bits per heavy atom. The van der Waals surface area contributed by atoms with Crippen molar-refractivity contribution in [2.45, 2.75) is 6.42 Å². The molecule has 2 aliphatic heterocycles. The molecule has 8 heteroatoms. The van der Waals surface area contributed by atoms with E-state index in [1.54, 1.807) is 0 Å². The highest BCUT2D eigenvalue weighted by molar-refractivity contribution is 7.80. The summed E-state index contributed by atoms with van der Waals surface area (Å²) < 4.78 is 0. The SMILES string of the molecule is O=C(O)O.O=C1CC(CS)C(=O)N2CC=CCN12. The van der Waals surface area contributed by atoms with Crippen LogP contribution in [0.1, 0.15) is 6.42 Å². The Labute approximate surface area is 109 Å². The molecule has 2 heterocycles. The van der Waals surface area contributed by atoms with Gasteiger partial charge in [-0.05, 0) is 0 Å². The summed E-state index contributed by atoms with van der Waals surface area (Å²) in [5.41, 5.74) is 0. The number of carbonyl (C=O) groups is 3. The molecule has 1 unspecified atom stereocenters. The van der Waals surface area contributed by atoms with Crippen molar-refractivity contribution in [2.24, 2.45) is 5.92 Å². The minimum atomic E-state index is -1.83. The van der Waals surface area contributed by atoms with E-state index in [0.717, 1.165) is 0 Å². The fourth-order valence-corrected chi connectivity index (χ4v) is 2.03. The van der Waals surface area contributed by atoms with E-state index in [-0.39, 0.29) is 17.7 Å². The van der Waals surface area contributed by atoms with E-state index >= 15 is 0 Å². The van der Waals surface area contributed by atoms with E-state index in [4.69, 9.17) is 15.0 Å². The lowest BCUT2D eigenvalue weighted by Crippen LogP contribution is -2.58. The van der Waals surface area contributed by atoms with Crippen LogP contribution in [0.5, 0.6) is 0 Å². The van der Waals surface area contributed by atoms with Crippen LogP contribution >= 0.6 is 12.6 Å². The second kappa shape index (κ2) is 6.29. The second-order valence-corrected chi connectivity index (χ2v) is 4.10. The summed E-state index contributed by atoms with van der Waals surface area (Å²) in [6.45, 7) is 1.03. The highest BCUT2D eigenvalue weighted by atomic mass is 32.1. The van der Waals surface area contributed by atoms with Crippen LogP contribution in [0.25, 0.3) is 0 Å². The number of fused-ring (bicyclic) bond motifs is 1. The van der Waals surface area contributed by atoms with Crippen molar-refractivity contribution in [3.05, 3.63) is 12.2 Å². The van der Waals surface area contributed by atoms with Crippen molar-refractivity contribution < 1.29 is 24.6 Å². The zero-order valence-electron chi connectivity index (χ0n) is 9.52. The Balaban J connectivity index is 0.000000357. The summed E-state index contributed by atoms with van der Waals surface area (Å²) >= 11 is 4.08. The summed E-state index contributed by atoms with van der Waals surface area (Å²) in [7, 11) is 0. The molecule has 2 aliphatic rings. The lowest BCUT2D eigenvalue weighted by Gasteiger charge is -2.41. The number of hydrogen-bond acceptors (Lipinski definition) is 4. The number of amides is 2. The molecule has 2 N–H and O–H groups in total. The van der Waals surface area contributed by atoms with E-state index < -0.39 is 6.16 Å². The van der Waals surface area contributed by atoms with Gasteiger partial charge in [-0.1, -0.05) is 12.2 Å². The zero-order chi connectivity index (χ0) is 13.7. The molecule has 1 fully saturated rings. The van der Waals surface area contributed by atoms with Gasteiger partial charge in [0.25, 0.3) is 0 Å². The van der Waals surface area contributed by atoms with Gasteiger partial charge in [0.05, 0.1) is 19.0 Å². The van der Waals surface area contributed by atoms with Gasteiger partial charge in [-0.15, -0.1) is 0 Å². The van der Waals surface area contributed by atoms with Crippen LogP contribution in [0.3, 0.4) is 0 Å². The number of nitrogens with zero attached hydrogens (tertiary/aromatic N) is 2. The maximum absolute atomic E-state index is 11.8. The fraction of sp³-hybridized carbons (Fsp3) is 0.500. The Morgan fingerprint density at radius 2 is 1.78 bits per heavy atom. The first-order valence-corrected chi connectivity index (χ1v) is 5.90. The lowest BCUT2D eigenvalue weighted by molar-refractivity contribution is -0.173. The molecule has 1 saturated heterocycles. The molecule has 0 radical (unpaired) electrons. The number of carboxylic acid groups (broad SMARTS) is 2. The Kier molecular flexibility index (Phi) is 5.02. The first-order chi connectivity index (χ1) is 8.47. The number of hydrogen-bond donors (Lipinski definition) is 3. The van der Waals surface area contributed by atoms with Gasteiger partial charge in [0, 0.05) is 12.2 Å². The molecular formula is C10H14N2O5S. The van der Waals surface area contributed by atoms with Crippen molar-refractivity contribution in [3.8, 4) is 0 Å². The molecule has 0 spiro atoms. The number of hydrazine groups is 1. The molecule has 0 aromatic carbocycles. The molecule has 2 amide bonds. The van der Waals surface area contributed by atoms with Crippen LogP contribution in [0.2, 0.25) is 0 Å². The van der Waals surface area contributed by atoms with E-state index in [0.29, 0.717) is 25.3 Å². The molecule has 0 aliphatic carbocycles. The van der Waals surface area contributed by atoms with E-state index in [2.05, 4.69) is 12.6 Å². The highest BCUT2D eigenvalue weighted by Gasteiger charge is 2.37. The highest BCUT2D eigenvalue weighted by Crippen LogP contribution is 2.22. The molecule has 1 atom stereocenters. The fourth-order valence-electron chi connectivity index (χ4n) is 1.75. The Hall–Kier alpha value is -1.70. The summed E-state index contributed by atoms with van der Waals surface area (Å²) in [4.78, 5) is 31.9. The van der Waals surface area contributed by atoms with Crippen LogP contribution < -0.4 is 0 Å². The average Bonchev–Trinajstić information content (AvgIpc) is 2.33. The number of carbonyl (C=O) groups excluding carboxylic acids is 2. The van der Waals surface area contributed by atoms with Gasteiger partial charge >= 0.3 is 6.16 Å². The minimum absolute atomic E-state index is 0.0175. The largest absolute Gasteiger partial charge is 0.503 e. The standard InChI is InChI=1S/C9H12N2O2S.CH2O3/c12-8-5-7(6-14)9(13)11-4-2-1-3-10(8)11;2-1(3)4/h1-2,7,14H,3-6H2;(H2,2,3,4). The molecule has 2 rings (SSSR count). The minimum Gasteiger partial charge on any atom is -0.450 e. The molecule has 0 bridgehead atoms. The zero-order valence-corrected chi connectivity index (χ0v) is 10.4. The first-order valence-electron chi connectivity index (χ1n) is 5.26. The topological polar surface area (TPSA) is 98.1 Å². The van der Waals surface area contributed by atoms with Gasteiger partial charge in [0.15, 0.2) is 0 Å². The van der Waals surface area contributed by atoms with Crippen LogP contribution in [0.15, 0.2) is 12.2 Å². The van der Waals surface area contributed by atoms with Crippen molar-refractivity contribution in [1.82, 2.24) is 10.0 Å². The summed E-state index contributed by atoms with van der Waals surface area (Å²) in [5.74, 6) is 0.240. The molecule has 0 saturated carbocycles. The van der Waals surface area contributed by atoms with E-state index in [1.807, 2.05) is 12.2 Å². The summed E-state index contributed by atoms with van der Waals surface area (Å²) in [6.07, 6.45) is 2.28. The maximum Gasteiger partial charge on any atom is 0.503 e. The van der Waals surface area contributed by atoms with Gasteiger partial charge in [-0.2, -0.15) is 12.6 Å². The molecule has 100 valence electrons. The van der Waals surface area contributed by atoms with Crippen molar-refractivity contribution in [1.29, 1.82) is 0 Å². The third kappa shape index (κ3) is 3.39. The summed E-state index contributed by atoms with van der Waals surface area (Å²) in [5, 5.41) is 17.0. The number of thiol groups is 1. The van der Waals surface area contributed by atoms with Gasteiger partial charge < -0.3 is 10.2 Å². The Bertz CT molecular complexity index is 380. The third-order valence-corrected chi connectivity index (χ3v) is 2.99. The van der Waals surface area contributed by atoms with Crippen molar-refractivity contribution in [3.63, 3.8) is 0 Å². The smallest absolute Gasteiger partial charge is 0.450 e. The molecule has 0 aromatic rings. The van der Waals surface area contributed by atoms with Crippen molar-refractivity contribution in [2.75, 3.05) is 18.8 Å². The summed E-state index contributed by atoms with van der Waals surface area (Å²) in [6, 6.07) is 0. The molecule has 7 nitrogen and oxygen atoms in total. The van der Waals surface area contributed by atoms with Crippen LogP contribution in [0.4, 0.5) is 4.79 Å².